The molecular formula is C108H152HfN2O4. The van der Waals surface area contributed by atoms with Crippen LogP contribution in [-0.4, -0.2) is 42.0 Å². The molecule has 0 atom stereocenters. The Hall–Kier alpha value is -6.25. The van der Waals surface area contributed by atoms with E-state index in [-0.39, 0.29) is 113 Å². The van der Waals surface area contributed by atoms with Crippen LogP contribution < -0.4 is 0 Å². The van der Waals surface area contributed by atoms with E-state index in [2.05, 4.69) is 326 Å². The van der Waals surface area contributed by atoms with Crippen molar-refractivity contribution in [1.82, 2.24) is 9.13 Å². The van der Waals surface area contributed by atoms with Crippen LogP contribution in [0.2, 0.25) is 0 Å². The summed E-state index contributed by atoms with van der Waals surface area (Å²) in [5.41, 5.74) is 28.7. The zero-order valence-electron chi connectivity index (χ0n) is 78.1. The van der Waals surface area contributed by atoms with Gasteiger partial charge in [-0.2, -0.15) is 0 Å². The van der Waals surface area contributed by atoms with E-state index in [1.807, 2.05) is 0 Å². The van der Waals surface area contributed by atoms with Crippen molar-refractivity contribution < 1.29 is 45.5 Å². The van der Waals surface area contributed by atoms with Crippen molar-refractivity contribution in [2.45, 2.75) is 337 Å². The molecule has 12 rings (SSSR count). The van der Waals surface area contributed by atoms with Crippen molar-refractivity contribution in [3.8, 4) is 45.1 Å². The van der Waals surface area contributed by atoms with Crippen molar-refractivity contribution in [3.05, 3.63) is 202 Å². The Morgan fingerprint density at radius 2 is 0.583 bits per heavy atom. The molecule has 0 radical (unpaired) electrons. The van der Waals surface area contributed by atoms with E-state index >= 15 is 0 Å². The Labute approximate surface area is 717 Å². The zero-order chi connectivity index (χ0) is 82.1. The number of aromatic nitrogens is 2. The zero-order valence-corrected chi connectivity index (χ0v) is 81.7. The molecule has 8 aromatic carbocycles. The van der Waals surface area contributed by atoms with Gasteiger partial charge in [0.2, 0.25) is 0 Å². The van der Waals surface area contributed by atoms with Gasteiger partial charge in [0.1, 0.15) is 6.42 Å². The molecule has 0 aliphatic heterocycles. The Kier molecular flexibility index (Phi) is 26.6. The van der Waals surface area contributed by atoms with Gasteiger partial charge in [-0.1, -0.05) is 242 Å². The van der Waals surface area contributed by atoms with Gasteiger partial charge in [-0.25, -0.2) is 0 Å². The van der Waals surface area contributed by atoms with E-state index < -0.39 is 0 Å². The van der Waals surface area contributed by atoms with Gasteiger partial charge in [-0.3, -0.25) is 0 Å². The molecule has 0 bridgehead atoms. The minimum absolute atomic E-state index is 0. The fourth-order valence-electron chi connectivity index (χ4n) is 22.1. The quantitative estimate of drug-likeness (QED) is 0.0274. The van der Waals surface area contributed by atoms with E-state index in [9.17, 15) is 10.2 Å². The summed E-state index contributed by atoms with van der Waals surface area (Å²) in [6, 6.07) is 43.9. The van der Waals surface area contributed by atoms with Crippen LogP contribution in [0.4, 0.5) is 0 Å². The summed E-state index contributed by atoms with van der Waals surface area (Å²) < 4.78 is 17.0. The molecule has 115 heavy (non-hydrogen) atoms. The summed E-state index contributed by atoms with van der Waals surface area (Å²) in [5.74, 6) is 2.16. The Morgan fingerprint density at radius 3 is 0.843 bits per heavy atom. The second-order valence-electron chi connectivity index (χ2n) is 45.2. The normalized spacial score (nSPS) is 14.2. The average Bonchev–Trinajstić information content (AvgIpc) is 1.60. The van der Waals surface area contributed by atoms with Crippen LogP contribution in [0.15, 0.2) is 109 Å². The summed E-state index contributed by atoms with van der Waals surface area (Å²) in [6.07, 6.45) is 13.0. The monoisotopic (exact) mass is 1720 g/mol. The first-order valence-electron chi connectivity index (χ1n) is 43.2. The second-order valence-corrected chi connectivity index (χ2v) is 45.2. The summed E-state index contributed by atoms with van der Waals surface area (Å²) in [4.78, 5) is 0. The smallest absolute Gasteiger partial charge is 0.266 e. The molecule has 10 aromatic rings. The molecule has 2 aliphatic rings. The van der Waals surface area contributed by atoms with Crippen LogP contribution in [0, 0.1) is 55.8 Å². The predicted octanol–water partition coefficient (Wildman–Crippen LogP) is 29.5. The topological polar surface area (TPSA) is 75.9 Å². The third-order valence-corrected chi connectivity index (χ3v) is 25.8. The number of aliphatic hydroxyl groups excluding tert-OH is 2. The van der Waals surface area contributed by atoms with Crippen molar-refractivity contribution >= 4 is 43.6 Å². The van der Waals surface area contributed by atoms with Crippen LogP contribution in [0.3, 0.4) is 0 Å². The molecule has 0 fully saturated rings. The number of fused-ring (bicyclic) bond motifs is 8. The van der Waals surface area contributed by atoms with E-state index in [1.54, 1.807) is 0 Å². The first-order valence-corrected chi connectivity index (χ1v) is 43.2. The number of aryl methyl sites for hydroxylation is 2. The number of aromatic hydroxyl groups is 2. The van der Waals surface area contributed by atoms with E-state index in [0.29, 0.717) is 13.2 Å². The van der Waals surface area contributed by atoms with Gasteiger partial charge in [-0.05, 0) is 278 Å². The molecule has 7 heteroatoms. The number of nitrogens with zero attached hydrogens (tertiary/aromatic N) is 2. The number of benzene rings is 8. The maximum atomic E-state index is 12.6. The number of aliphatic hydroxyl groups is 4. The SMILES string of the molecule is CCC(C)(C)c1ccc2c3ccc(C(C)(C)CC(C)(C)C)cc3n(-c3cc(C(C)(C)CC(C)(C)C)cc(-c4cc(C)c5c(c4[OH+]CCC[OH+]c4c(-c6cc(C(C)(C)CC(C)(C)C)cc(-n7c8cc(C(C)(C)CC(C)(C)C)ccc8c8ccc(C(C)(C)CC(C)(C)C)cc87)c6CO)cc(C)c6c4CCC6)CCC5)c3CO)c2c1.[CH3-].[CH3-].[Hf]. The molecular weight excluding hydrogens is 1570 g/mol. The number of ether oxygens (including phenoxy) is 2. The minimum atomic E-state index is -0.245. The third-order valence-electron chi connectivity index (χ3n) is 25.8. The van der Waals surface area contributed by atoms with Crippen molar-refractivity contribution in [1.29, 1.82) is 0 Å². The largest absolute Gasteiger partial charge is 0.582 e. The third kappa shape index (κ3) is 19.2. The van der Waals surface area contributed by atoms with Gasteiger partial charge < -0.3 is 43.7 Å². The summed E-state index contributed by atoms with van der Waals surface area (Å²) in [6.45, 7) is 72.4. The predicted molar refractivity (Wildman–Crippen MR) is 497 cm³/mol. The van der Waals surface area contributed by atoms with Gasteiger partial charge in [0.15, 0.2) is 13.2 Å². The molecule has 2 aliphatic carbocycles. The minimum Gasteiger partial charge on any atom is -0.582 e. The van der Waals surface area contributed by atoms with Gasteiger partial charge in [0.25, 0.3) is 11.5 Å². The number of hydrogen-bond donors (Lipinski definition) is 2. The Balaban J connectivity index is 0.00000504. The van der Waals surface area contributed by atoms with Crippen LogP contribution in [0.1, 0.15) is 330 Å². The van der Waals surface area contributed by atoms with Crippen molar-refractivity contribution in [2.75, 3.05) is 13.2 Å². The molecule has 2 heterocycles. The van der Waals surface area contributed by atoms with E-state index in [1.165, 1.54) is 110 Å². The Morgan fingerprint density at radius 1 is 0.322 bits per heavy atom. The van der Waals surface area contributed by atoms with E-state index in [4.69, 9.17) is 9.47 Å². The molecule has 0 saturated heterocycles. The van der Waals surface area contributed by atoms with E-state index in [0.717, 1.165) is 140 Å². The van der Waals surface area contributed by atoms with Gasteiger partial charge >= 0.3 is 0 Å². The van der Waals surface area contributed by atoms with Crippen LogP contribution in [-0.2, 0) is 97.2 Å². The molecule has 622 valence electrons. The molecule has 6 nitrogen and oxygen atoms in total. The number of rotatable bonds is 24. The van der Waals surface area contributed by atoms with Crippen molar-refractivity contribution in [3.63, 3.8) is 0 Å². The fraction of sp³-hybridized carbons (Fsp3) is 0.537. The molecule has 0 saturated carbocycles. The first-order chi connectivity index (χ1) is 51.8. The van der Waals surface area contributed by atoms with Crippen LogP contribution >= 0.6 is 0 Å². The van der Waals surface area contributed by atoms with Gasteiger partial charge in [0, 0.05) is 58.5 Å². The maximum absolute atomic E-state index is 12.6. The maximum Gasteiger partial charge on any atom is 0.266 e. The van der Waals surface area contributed by atoms with Crippen molar-refractivity contribution in [2.24, 2.45) is 27.1 Å². The second kappa shape index (κ2) is 33.0. The molecule has 0 amide bonds. The van der Waals surface area contributed by atoms with Crippen LogP contribution in [0.25, 0.3) is 77.2 Å². The first kappa shape index (κ1) is 92.6. The van der Waals surface area contributed by atoms with Gasteiger partial charge in [-0.15, -0.1) is 0 Å². The van der Waals surface area contributed by atoms with Gasteiger partial charge in [0.05, 0.1) is 68.9 Å². The molecule has 2 aromatic heterocycles. The summed E-state index contributed by atoms with van der Waals surface area (Å²) in [5, 5.41) is 30.1. The average molecular weight is 1720 g/mol. The fourth-order valence-corrected chi connectivity index (χ4v) is 22.1. The molecule has 0 spiro atoms. The molecule has 4 N–H and O–H groups in total. The summed E-state index contributed by atoms with van der Waals surface area (Å²) in [7, 11) is 0. The van der Waals surface area contributed by atoms with Crippen LogP contribution in [0.5, 0.6) is 11.5 Å². The molecule has 0 unspecified atom stereocenters. The summed E-state index contributed by atoms with van der Waals surface area (Å²) >= 11 is 0. The Bertz CT molecular complexity index is 5140. The number of hydrogen-bond acceptors (Lipinski definition) is 2. The standard InChI is InChI=1S/C106H144N2O4.2CH3.Hf/c1-31-101(19,20)68-39-43-76-77-44-40-69(102(21,22)61-96(4,5)6)54-89(77)107(88(76)53-68)92-57-72(105(27,28)64-99(13,14)15)51-82(86(92)59-109)84-49-66(2)74-35-32-37-80(74)94(84)111-47-34-48-112-95-81-38-33-36-75(81)67(3)50-85(95)83-52-73(106(29,30)65-100(16,17)18)58-93(87(83)60-110)108-90-55-70(103(23,24)62-97(7,8)9)41-45-78(90)79-46-42-71(56-91(79)108)104(25,26)63-98(10,11)12;;;/h39-46,49-58,109-110H,31-38,47-48,59-65H2,1-30H3;2*1H3;/q;2*-1;/p+2.